The predicted octanol–water partition coefficient (Wildman–Crippen LogP) is 4.19. The number of halogens is 2. The summed E-state index contributed by atoms with van der Waals surface area (Å²) in [5.74, 6) is 0.937. The van der Waals surface area contributed by atoms with Crippen LogP contribution in [0.25, 0.3) is 11.4 Å². The van der Waals surface area contributed by atoms with Gasteiger partial charge in [0.2, 0.25) is 0 Å². The van der Waals surface area contributed by atoms with Crippen molar-refractivity contribution in [1.82, 2.24) is 9.55 Å². The molecule has 0 bridgehead atoms. The Morgan fingerprint density at radius 3 is 2.88 bits per heavy atom. The van der Waals surface area contributed by atoms with Crippen molar-refractivity contribution < 1.29 is 0 Å². The van der Waals surface area contributed by atoms with Crippen molar-refractivity contribution in [3.63, 3.8) is 0 Å². The normalized spacial score (nSPS) is 14.7. The van der Waals surface area contributed by atoms with E-state index in [9.17, 15) is 0 Å². The van der Waals surface area contributed by atoms with Gasteiger partial charge in [-0.3, -0.25) is 0 Å². The number of benzene rings is 1. The second-order valence-electron chi connectivity index (χ2n) is 4.29. The van der Waals surface area contributed by atoms with Gasteiger partial charge in [0.15, 0.2) is 5.15 Å². The molecule has 0 N–H and O–H groups in total. The molecule has 1 aromatic heterocycles. The molecule has 0 saturated carbocycles. The van der Waals surface area contributed by atoms with Crippen LogP contribution in [0, 0.1) is 0 Å². The quantitative estimate of drug-likeness (QED) is 0.757. The lowest BCUT2D eigenvalue weighted by Crippen LogP contribution is -2.10. The van der Waals surface area contributed by atoms with Gasteiger partial charge in [-0.1, -0.05) is 35.3 Å². The lowest BCUT2D eigenvalue weighted by atomic mass is 10.1. The van der Waals surface area contributed by atoms with Gasteiger partial charge in [-0.05, 0) is 31.4 Å². The minimum atomic E-state index is 0.639. The maximum absolute atomic E-state index is 6.19. The number of imidazole rings is 1. The Balaban J connectivity index is 2.15. The van der Waals surface area contributed by atoms with Crippen LogP contribution in [0.3, 0.4) is 0 Å². The molecular formula is C13H12Cl2N2. The Morgan fingerprint density at radius 1 is 1.18 bits per heavy atom. The molecule has 0 fully saturated rings. The third-order valence-electron chi connectivity index (χ3n) is 3.15. The van der Waals surface area contributed by atoms with E-state index >= 15 is 0 Å². The second kappa shape index (κ2) is 4.35. The summed E-state index contributed by atoms with van der Waals surface area (Å²) < 4.78 is 2.22. The van der Waals surface area contributed by atoms with Crippen molar-refractivity contribution >= 4 is 23.2 Å². The van der Waals surface area contributed by atoms with E-state index in [1.807, 2.05) is 24.3 Å². The van der Waals surface area contributed by atoms with Crippen LogP contribution in [0.5, 0.6) is 0 Å². The molecule has 0 atom stereocenters. The first-order chi connectivity index (χ1) is 8.25. The molecular weight excluding hydrogens is 255 g/mol. The topological polar surface area (TPSA) is 17.8 Å². The predicted molar refractivity (Wildman–Crippen MR) is 70.6 cm³/mol. The Hall–Kier alpha value is -0.990. The Morgan fingerprint density at radius 2 is 2.06 bits per heavy atom. The van der Waals surface area contributed by atoms with Crippen LogP contribution in [-0.2, 0) is 13.0 Å². The average molecular weight is 267 g/mol. The maximum atomic E-state index is 6.19. The summed E-state index contributed by atoms with van der Waals surface area (Å²) in [6.07, 6.45) is 3.40. The molecule has 0 amide bonds. The first kappa shape index (κ1) is 11.1. The van der Waals surface area contributed by atoms with Crippen molar-refractivity contribution in [2.75, 3.05) is 0 Å². The fraction of sp³-hybridized carbons (Fsp3) is 0.308. The molecule has 0 aliphatic carbocycles. The SMILES string of the molecule is Clc1cccc(-c2nc(Cl)c3n2CCCC3)c1. The molecule has 3 rings (SSSR count). The van der Waals surface area contributed by atoms with Crippen LogP contribution in [-0.4, -0.2) is 9.55 Å². The Bertz CT molecular complexity index is 561. The van der Waals surface area contributed by atoms with Gasteiger partial charge in [-0.15, -0.1) is 0 Å². The molecule has 0 unspecified atom stereocenters. The zero-order valence-electron chi connectivity index (χ0n) is 9.29. The summed E-state index contributed by atoms with van der Waals surface area (Å²) in [4.78, 5) is 4.47. The van der Waals surface area contributed by atoms with Gasteiger partial charge < -0.3 is 4.57 Å². The van der Waals surface area contributed by atoms with E-state index < -0.39 is 0 Å². The highest BCUT2D eigenvalue weighted by molar-refractivity contribution is 6.31. The first-order valence-corrected chi connectivity index (χ1v) is 6.52. The molecule has 4 heteroatoms. The van der Waals surface area contributed by atoms with Crippen molar-refractivity contribution in [2.24, 2.45) is 0 Å². The zero-order chi connectivity index (χ0) is 11.8. The van der Waals surface area contributed by atoms with E-state index in [0.717, 1.165) is 35.1 Å². The highest BCUT2D eigenvalue weighted by Gasteiger charge is 2.19. The molecule has 1 aromatic carbocycles. The van der Waals surface area contributed by atoms with Gasteiger partial charge in [0.1, 0.15) is 5.82 Å². The highest BCUT2D eigenvalue weighted by Crippen LogP contribution is 2.30. The fourth-order valence-electron chi connectivity index (χ4n) is 2.35. The standard InChI is InChI=1S/C13H12Cl2N2/c14-10-5-3-4-9(8-10)13-16-12(15)11-6-1-2-7-17(11)13/h3-5,8H,1-2,6-7H2. The molecule has 0 radical (unpaired) electrons. The lowest BCUT2D eigenvalue weighted by molar-refractivity contribution is 0.536. The molecule has 88 valence electrons. The van der Waals surface area contributed by atoms with Crippen LogP contribution >= 0.6 is 23.2 Å². The van der Waals surface area contributed by atoms with E-state index in [1.54, 1.807) is 0 Å². The van der Waals surface area contributed by atoms with Crippen LogP contribution in [0.4, 0.5) is 0 Å². The van der Waals surface area contributed by atoms with Crippen LogP contribution in [0.1, 0.15) is 18.5 Å². The molecule has 1 aliphatic rings. The lowest BCUT2D eigenvalue weighted by Gasteiger charge is -2.16. The van der Waals surface area contributed by atoms with Gasteiger partial charge in [-0.2, -0.15) is 0 Å². The van der Waals surface area contributed by atoms with E-state index in [0.29, 0.717) is 5.15 Å². The highest BCUT2D eigenvalue weighted by atomic mass is 35.5. The molecule has 2 nitrogen and oxygen atoms in total. The number of hydrogen-bond donors (Lipinski definition) is 0. The molecule has 1 aliphatic heterocycles. The minimum absolute atomic E-state index is 0.639. The number of hydrogen-bond acceptors (Lipinski definition) is 1. The molecule has 0 saturated heterocycles. The third-order valence-corrected chi connectivity index (χ3v) is 3.69. The third kappa shape index (κ3) is 1.96. The number of nitrogens with zero attached hydrogens (tertiary/aromatic N) is 2. The fourth-order valence-corrected chi connectivity index (χ4v) is 2.81. The first-order valence-electron chi connectivity index (χ1n) is 5.76. The van der Waals surface area contributed by atoms with Gasteiger partial charge in [0.05, 0.1) is 5.69 Å². The van der Waals surface area contributed by atoms with Gasteiger partial charge in [0.25, 0.3) is 0 Å². The second-order valence-corrected chi connectivity index (χ2v) is 5.09. The van der Waals surface area contributed by atoms with Gasteiger partial charge in [-0.25, -0.2) is 4.98 Å². The van der Waals surface area contributed by atoms with Gasteiger partial charge >= 0.3 is 0 Å². The van der Waals surface area contributed by atoms with Crippen molar-refractivity contribution in [2.45, 2.75) is 25.8 Å². The number of rotatable bonds is 1. The summed E-state index contributed by atoms with van der Waals surface area (Å²) in [6, 6.07) is 7.76. The van der Waals surface area contributed by atoms with E-state index in [1.165, 1.54) is 12.8 Å². The van der Waals surface area contributed by atoms with E-state index in [-0.39, 0.29) is 0 Å². The molecule has 17 heavy (non-hydrogen) atoms. The van der Waals surface area contributed by atoms with Crippen LogP contribution < -0.4 is 0 Å². The van der Waals surface area contributed by atoms with Crippen molar-refractivity contribution in [1.29, 1.82) is 0 Å². The Kier molecular flexibility index (Phi) is 2.85. The number of fused-ring (bicyclic) bond motifs is 1. The molecule has 2 aromatic rings. The number of aromatic nitrogens is 2. The zero-order valence-corrected chi connectivity index (χ0v) is 10.8. The summed E-state index contributed by atoms with van der Waals surface area (Å²) in [5, 5.41) is 1.37. The summed E-state index contributed by atoms with van der Waals surface area (Å²) >= 11 is 12.2. The molecule has 0 spiro atoms. The van der Waals surface area contributed by atoms with Crippen LogP contribution in [0.2, 0.25) is 10.2 Å². The maximum Gasteiger partial charge on any atom is 0.150 e. The smallest absolute Gasteiger partial charge is 0.150 e. The Labute approximate surface area is 110 Å². The largest absolute Gasteiger partial charge is 0.327 e. The van der Waals surface area contributed by atoms with E-state index in [2.05, 4.69) is 9.55 Å². The van der Waals surface area contributed by atoms with Crippen molar-refractivity contribution in [3.05, 3.63) is 40.1 Å². The monoisotopic (exact) mass is 266 g/mol. The van der Waals surface area contributed by atoms with E-state index in [4.69, 9.17) is 23.2 Å². The average Bonchev–Trinajstić information content (AvgIpc) is 2.68. The summed E-state index contributed by atoms with van der Waals surface area (Å²) in [5.41, 5.74) is 2.19. The summed E-state index contributed by atoms with van der Waals surface area (Å²) in [7, 11) is 0. The summed E-state index contributed by atoms with van der Waals surface area (Å²) in [6.45, 7) is 0.997. The van der Waals surface area contributed by atoms with Crippen LogP contribution in [0.15, 0.2) is 24.3 Å². The minimum Gasteiger partial charge on any atom is -0.327 e. The molecule has 2 heterocycles. The van der Waals surface area contributed by atoms with Gasteiger partial charge in [0, 0.05) is 17.1 Å². The van der Waals surface area contributed by atoms with Crippen molar-refractivity contribution in [3.8, 4) is 11.4 Å².